The van der Waals surface area contributed by atoms with Crippen molar-refractivity contribution in [1.82, 2.24) is 0 Å². The van der Waals surface area contributed by atoms with E-state index in [1.807, 2.05) is 0 Å². The molecule has 0 N–H and O–H groups in total. The number of hydrogen-bond donors (Lipinski definition) is 0. The molecule has 6 nitrogen and oxygen atoms in total. The Labute approximate surface area is 484 Å². The second kappa shape index (κ2) is 66.1. The zero-order valence-electron chi connectivity index (χ0n) is 51.7. The molecule has 0 spiro atoms. The second-order valence-electron chi connectivity index (χ2n) is 22.4. The zero-order valence-corrected chi connectivity index (χ0v) is 51.7. The van der Waals surface area contributed by atoms with Crippen molar-refractivity contribution in [1.29, 1.82) is 0 Å². The van der Waals surface area contributed by atoms with Gasteiger partial charge in [-0.05, 0) is 70.6 Å². The third-order valence-electron chi connectivity index (χ3n) is 14.7. The summed E-state index contributed by atoms with van der Waals surface area (Å²) in [4.78, 5) is 38.4. The topological polar surface area (TPSA) is 78.9 Å². The van der Waals surface area contributed by atoms with Gasteiger partial charge in [0.1, 0.15) is 13.2 Å². The number of rotatable bonds is 61. The summed E-state index contributed by atoms with van der Waals surface area (Å²) in [7, 11) is 0. The summed E-state index contributed by atoms with van der Waals surface area (Å²) in [5, 5.41) is 0. The summed E-state index contributed by atoms with van der Waals surface area (Å²) in [6.07, 6.45) is 87.5. The molecule has 0 radical (unpaired) electrons. The van der Waals surface area contributed by atoms with Gasteiger partial charge in [-0.3, -0.25) is 14.4 Å². The lowest BCUT2D eigenvalue weighted by molar-refractivity contribution is -0.167. The molecule has 1 unspecified atom stereocenters. The van der Waals surface area contributed by atoms with Crippen LogP contribution in [0.15, 0.2) is 85.1 Å². The molecule has 0 aromatic heterocycles. The summed E-state index contributed by atoms with van der Waals surface area (Å²) in [6.45, 7) is 6.53. The highest BCUT2D eigenvalue weighted by atomic mass is 16.6. The fraction of sp³-hybridized carbons (Fsp3) is 0.764. The van der Waals surface area contributed by atoms with Gasteiger partial charge in [0, 0.05) is 19.3 Å². The molecule has 6 heteroatoms. The lowest BCUT2D eigenvalue weighted by Gasteiger charge is -2.18. The molecule has 0 saturated heterocycles. The van der Waals surface area contributed by atoms with E-state index in [1.54, 1.807) is 0 Å². The van der Waals surface area contributed by atoms with Crippen LogP contribution in [-0.4, -0.2) is 37.2 Å². The van der Waals surface area contributed by atoms with Crippen LogP contribution in [0.2, 0.25) is 0 Å². The molecule has 1 atom stereocenters. The Morgan fingerprint density at radius 3 is 0.782 bits per heavy atom. The number of esters is 3. The van der Waals surface area contributed by atoms with Crippen molar-refractivity contribution in [3.8, 4) is 0 Å². The number of ether oxygens (including phenoxy) is 3. The monoisotopic (exact) mass is 1090 g/mol. The second-order valence-corrected chi connectivity index (χ2v) is 22.4. The first kappa shape index (κ1) is 74.6. The molecule has 0 aromatic rings. The van der Waals surface area contributed by atoms with E-state index in [9.17, 15) is 14.4 Å². The molecular weight excluding hydrogens is 961 g/mol. The largest absolute Gasteiger partial charge is 0.462 e. The Morgan fingerprint density at radius 2 is 0.500 bits per heavy atom. The van der Waals surface area contributed by atoms with E-state index < -0.39 is 6.10 Å². The number of allylic oxidation sites excluding steroid dienone is 14. The lowest BCUT2D eigenvalue weighted by Crippen LogP contribution is -2.30. The molecule has 0 aliphatic rings. The van der Waals surface area contributed by atoms with Crippen molar-refractivity contribution < 1.29 is 28.6 Å². The highest BCUT2D eigenvalue weighted by molar-refractivity contribution is 5.71. The zero-order chi connectivity index (χ0) is 56.4. The van der Waals surface area contributed by atoms with Gasteiger partial charge in [-0.15, -0.1) is 0 Å². The molecule has 0 fully saturated rings. The van der Waals surface area contributed by atoms with Crippen LogP contribution < -0.4 is 0 Å². The molecule has 78 heavy (non-hydrogen) atoms. The smallest absolute Gasteiger partial charge is 0.306 e. The van der Waals surface area contributed by atoms with Crippen molar-refractivity contribution in [2.75, 3.05) is 13.2 Å². The van der Waals surface area contributed by atoms with Gasteiger partial charge in [0.05, 0.1) is 0 Å². The van der Waals surface area contributed by atoms with Gasteiger partial charge >= 0.3 is 17.9 Å². The molecule has 0 amide bonds. The first-order valence-electron chi connectivity index (χ1n) is 33.6. The van der Waals surface area contributed by atoms with Gasteiger partial charge in [0.2, 0.25) is 0 Å². The molecule has 0 aliphatic heterocycles. The predicted octanol–water partition coefficient (Wildman–Crippen LogP) is 23.1. The van der Waals surface area contributed by atoms with E-state index in [4.69, 9.17) is 14.2 Å². The molecule has 0 saturated carbocycles. The van der Waals surface area contributed by atoms with Gasteiger partial charge in [0.25, 0.3) is 0 Å². The minimum atomic E-state index is -0.799. The van der Waals surface area contributed by atoms with Gasteiger partial charge in [-0.2, -0.15) is 0 Å². The molecule has 0 rings (SSSR count). The lowest BCUT2D eigenvalue weighted by atomic mass is 10.0. The maximum Gasteiger partial charge on any atom is 0.306 e. The van der Waals surface area contributed by atoms with Gasteiger partial charge < -0.3 is 14.2 Å². The fourth-order valence-electron chi connectivity index (χ4n) is 9.67. The third-order valence-corrected chi connectivity index (χ3v) is 14.7. The van der Waals surface area contributed by atoms with E-state index >= 15 is 0 Å². The van der Waals surface area contributed by atoms with Crippen molar-refractivity contribution in [2.45, 2.75) is 341 Å². The Kier molecular flexibility index (Phi) is 63.2. The molecule has 0 aromatic carbocycles. The summed E-state index contributed by atoms with van der Waals surface area (Å²) in [6, 6.07) is 0. The van der Waals surface area contributed by atoms with Crippen LogP contribution >= 0.6 is 0 Å². The first-order chi connectivity index (χ1) is 38.5. The average molecular weight is 1090 g/mol. The van der Waals surface area contributed by atoms with Crippen molar-refractivity contribution >= 4 is 17.9 Å². The third kappa shape index (κ3) is 63.4. The Balaban J connectivity index is 4.42. The molecule has 0 bridgehead atoms. The Bertz CT molecular complexity index is 1480. The summed E-state index contributed by atoms with van der Waals surface area (Å²) in [5.74, 6) is -0.933. The fourth-order valence-corrected chi connectivity index (χ4v) is 9.67. The Hall–Kier alpha value is -3.41. The van der Waals surface area contributed by atoms with Crippen LogP contribution in [0, 0.1) is 0 Å². The standard InChI is InChI=1S/C72H126O6/c1-4-7-10-13-16-19-22-25-28-30-32-34-36-38-39-41-44-47-50-53-56-59-62-65-71(74)77-68-69(67-76-70(73)64-61-58-55-52-49-46-43-27-24-21-18-15-12-9-6-3)78-72(75)66-63-60-57-54-51-48-45-42-40-37-35-33-31-29-26-23-20-17-14-11-8-5-2/h7,10,16,19,25,28,32,34,38-39,44,47,53,56,69H,4-6,8-9,11-15,17-18,20-24,26-27,29-31,33,35-37,40-43,45-46,48-52,54-55,57-68H2,1-3H3/b10-7-,19-16-,28-25-,34-32-,39-38-,47-44-,56-53-. The van der Waals surface area contributed by atoms with Crippen molar-refractivity contribution in [3.63, 3.8) is 0 Å². The van der Waals surface area contributed by atoms with Crippen molar-refractivity contribution in [3.05, 3.63) is 85.1 Å². The van der Waals surface area contributed by atoms with Crippen LogP contribution in [0.5, 0.6) is 0 Å². The SMILES string of the molecule is CC/C=C\C/C=C\C/C=C\C/C=C\C/C=C\C/C=C\C/C=C\CCCC(=O)OCC(COC(=O)CCCCCCCCCCCCCCCCC)OC(=O)CCCCCCCCCCCCCCCCCCCCCCCC. The maximum absolute atomic E-state index is 12.9. The Morgan fingerprint density at radius 1 is 0.269 bits per heavy atom. The van der Waals surface area contributed by atoms with Gasteiger partial charge in [-0.25, -0.2) is 0 Å². The first-order valence-corrected chi connectivity index (χ1v) is 33.6. The van der Waals surface area contributed by atoms with E-state index in [0.717, 1.165) is 89.9 Å². The van der Waals surface area contributed by atoms with Crippen LogP contribution in [0.1, 0.15) is 335 Å². The van der Waals surface area contributed by atoms with E-state index in [1.165, 1.54) is 199 Å². The molecular formula is C72H126O6. The van der Waals surface area contributed by atoms with Crippen LogP contribution in [0.25, 0.3) is 0 Å². The molecule has 0 heterocycles. The highest BCUT2D eigenvalue weighted by Crippen LogP contribution is 2.18. The van der Waals surface area contributed by atoms with Gasteiger partial charge in [0.15, 0.2) is 6.10 Å². The molecule has 450 valence electrons. The van der Waals surface area contributed by atoms with Crippen LogP contribution in [0.3, 0.4) is 0 Å². The number of hydrogen-bond acceptors (Lipinski definition) is 6. The summed E-state index contributed by atoms with van der Waals surface area (Å²) in [5.41, 5.74) is 0. The van der Waals surface area contributed by atoms with E-state index in [-0.39, 0.29) is 37.5 Å². The minimum absolute atomic E-state index is 0.0900. The average Bonchev–Trinajstić information content (AvgIpc) is 3.44. The summed E-state index contributed by atoms with van der Waals surface area (Å²) < 4.78 is 16.9. The van der Waals surface area contributed by atoms with Crippen molar-refractivity contribution in [2.24, 2.45) is 0 Å². The van der Waals surface area contributed by atoms with Gasteiger partial charge in [-0.1, -0.05) is 331 Å². The normalized spacial score (nSPS) is 12.6. The maximum atomic E-state index is 12.9. The van der Waals surface area contributed by atoms with E-state index in [2.05, 4.69) is 106 Å². The quantitative estimate of drug-likeness (QED) is 0.0261. The minimum Gasteiger partial charge on any atom is -0.462 e. The summed E-state index contributed by atoms with van der Waals surface area (Å²) >= 11 is 0. The van der Waals surface area contributed by atoms with E-state index in [0.29, 0.717) is 19.3 Å². The number of carbonyl (C=O) groups excluding carboxylic acids is 3. The highest BCUT2D eigenvalue weighted by Gasteiger charge is 2.19. The van der Waals surface area contributed by atoms with Crippen LogP contribution in [0.4, 0.5) is 0 Å². The predicted molar refractivity (Wildman–Crippen MR) is 339 cm³/mol. The number of unbranched alkanes of at least 4 members (excludes halogenated alkanes) is 36. The van der Waals surface area contributed by atoms with Crippen LogP contribution in [-0.2, 0) is 28.6 Å². The number of carbonyl (C=O) groups is 3. The molecule has 0 aliphatic carbocycles.